The molecule has 5 nitrogen and oxygen atoms in total. The maximum atomic E-state index is 12.6. The van der Waals surface area contributed by atoms with E-state index in [4.69, 9.17) is 5.11 Å². The lowest BCUT2D eigenvalue weighted by Gasteiger charge is -2.34. The van der Waals surface area contributed by atoms with Crippen LogP contribution in [0.3, 0.4) is 0 Å². The van der Waals surface area contributed by atoms with Crippen LogP contribution in [0.15, 0.2) is 0 Å². The van der Waals surface area contributed by atoms with E-state index >= 15 is 0 Å². The highest BCUT2D eigenvalue weighted by Gasteiger charge is 2.31. The Morgan fingerprint density at radius 1 is 1.29 bits per heavy atom. The number of hydrogen-bond acceptors (Lipinski definition) is 2. The molecular formula is C16H30N2O3. The minimum absolute atomic E-state index is 0.0680. The zero-order chi connectivity index (χ0) is 16.0. The van der Waals surface area contributed by atoms with Gasteiger partial charge in [0.05, 0.1) is 6.42 Å². The van der Waals surface area contributed by atoms with E-state index in [1.165, 1.54) is 12.8 Å². The van der Waals surface area contributed by atoms with Gasteiger partial charge >= 0.3 is 12.0 Å². The minimum atomic E-state index is -0.894. The predicted molar refractivity (Wildman–Crippen MR) is 83.3 cm³/mol. The summed E-state index contributed by atoms with van der Waals surface area (Å²) in [7, 11) is 0. The Kier molecular flexibility index (Phi) is 6.49. The number of rotatable bonds is 7. The molecule has 21 heavy (non-hydrogen) atoms. The van der Waals surface area contributed by atoms with Crippen LogP contribution in [0.4, 0.5) is 4.79 Å². The lowest BCUT2D eigenvalue weighted by atomic mass is 10.0. The molecule has 1 aliphatic carbocycles. The van der Waals surface area contributed by atoms with Crippen molar-refractivity contribution in [3.63, 3.8) is 0 Å². The summed E-state index contributed by atoms with van der Waals surface area (Å²) in [5.74, 6) is -0.344. The zero-order valence-corrected chi connectivity index (χ0v) is 13.8. The average molecular weight is 298 g/mol. The Balaban J connectivity index is 2.67. The summed E-state index contributed by atoms with van der Waals surface area (Å²) in [6.07, 6.45) is 5.38. The molecule has 5 heteroatoms. The summed E-state index contributed by atoms with van der Waals surface area (Å²) in [6, 6.07) is 0.193. The number of urea groups is 1. The number of carboxylic acid groups (broad SMARTS) is 1. The first kappa shape index (κ1) is 17.8. The molecule has 0 heterocycles. The van der Waals surface area contributed by atoms with Crippen LogP contribution in [0.5, 0.6) is 0 Å². The van der Waals surface area contributed by atoms with E-state index in [1.54, 1.807) is 13.8 Å². The van der Waals surface area contributed by atoms with E-state index < -0.39 is 11.5 Å². The van der Waals surface area contributed by atoms with Gasteiger partial charge in [0.1, 0.15) is 0 Å². The van der Waals surface area contributed by atoms with E-state index in [2.05, 4.69) is 19.2 Å². The van der Waals surface area contributed by atoms with Crippen molar-refractivity contribution in [1.29, 1.82) is 0 Å². The van der Waals surface area contributed by atoms with Crippen LogP contribution in [-0.4, -0.2) is 40.1 Å². The highest BCUT2D eigenvalue weighted by Crippen LogP contribution is 2.25. The van der Waals surface area contributed by atoms with Crippen molar-refractivity contribution < 1.29 is 14.7 Å². The van der Waals surface area contributed by atoms with Gasteiger partial charge in [-0.2, -0.15) is 0 Å². The summed E-state index contributed by atoms with van der Waals surface area (Å²) in [5.41, 5.74) is -0.725. The number of aliphatic carboxylic acids is 1. The Morgan fingerprint density at radius 3 is 2.33 bits per heavy atom. The van der Waals surface area contributed by atoms with Gasteiger partial charge in [-0.25, -0.2) is 4.79 Å². The second kappa shape index (κ2) is 7.66. The van der Waals surface area contributed by atoms with Gasteiger partial charge in [0.15, 0.2) is 0 Å². The van der Waals surface area contributed by atoms with E-state index in [-0.39, 0.29) is 12.5 Å². The normalized spacial score (nSPS) is 16.2. The molecule has 0 atom stereocenters. The third-order valence-corrected chi connectivity index (χ3v) is 4.01. The number of carboxylic acids is 1. The molecule has 0 bridgehead atoms. The number of carbonyl (C=O) groups excluding carboxylic acids is 1. The minimum Gasteiger partial charge on any atom is -0.481 e. The molecule has 0 aromatic heterocycles. The summed E-state index contributed by atoms with van der Waals surface area (Å²) in [4.78, 5) is 25.4. The van der Waals surface area contributed by atoms with Gasteiger partial charge < -0.3 is 15.3 Å². The molecule has 0 aromatic carbocycles. The van der Waals surface area contributed by atoms with Crippen LogP contribution >= 0.6 is 0 Å². The Morgan fingerprint density at radius 2 is 1.86 bits per heavy atom. The zero-order valence-electron chi connectivity index (χ0n) is 13.8. The fraction of sp³-hybridized carbons (Fsp3) is 0.875. The summed E-state index contributed by atoms with van der Waals surface area (Å²) in [5, 5.41) is 11.8. The predicted octanol–water partition coefficient (Wildman–Crippen LogP) is 3.24. The molecule has 0 aromatic rings. The van der Waals surface area contributed by atoms with E-state index in [0.29, 0.717) is 12.0 Å². The van der Waals surface area contributed by atoms with Crippen molar-refractivity contribution >= 4 is 12.0 Å². The van der Waals surface area contributed by atoms with Crippen LogP contribution in [0.2, 0.25) is 0 Å². The third kappa shape index (κ3) is 6.36. The molecule has 1 rings (SSSR count). The molecule has 2 amide bonds. The number of carbonyl (C=O) groups is 2. The van der Waals surface area contributed by atoms with E-state index in [1.807, 2.05) is 4.90 Å². The molecule has 0 aliphatic heterocycles. The first-order valence-corrected chi connectivity index (χ1v) is 8.02. The van der Waals surface area contributed by atoms with Crippen LogP contribution in [0.25, 0.3) is 0 Å². The Hall–Kier alpha value is -1.26. The van der Waals surface area contributed by atoms with Gasteiger partial charge in [0, 0.05) is 18.1 Å². The summed E-state index contributed by atoms with van der Waals surface area (Å²) >= 11 is 0. The van der Waals surface area contributed by atoms with Crippen molar-refractivity contribution in [2.24, 2.45) is 5.92 Å². The van der Waals surface area contributed by atoms with Crippen LogP contribution in [-0.2, 0) is 4.79 Å². The van der Waals surface area contributed by atoms with Crippen LogP contribution in [0.1, 0.15) is 66.2 Å². The summed E-state index contributed by atoms with van der Waals surface area (Å²) in [6.45, 7) is 8.57. The van der Waals surface area contributed by atoms with Crippen molar-refractivity contribution in [3.05, 3.63) is 0 Å². The molecule has 0 saturated heterocycles. The van der Waals surface area contributed by atoms with Gasteiger partial charge in [0.25, 0.3) is 0 Å². The van der Waals surface area contributed by atoms with E-state index in [9.17, 15) is 9.59 Å². The van der Waals surface area contributed by atoms with E-state index in [0.717, 1.165) is 25.8 Å². The molecule has 122 valence electrons. The smallest absolute Gasteiger partial charge is 0.318 e. The SMILES string of the molecule is CC(C)CCN(C(=O)NC(C)(C)CC(=O)O)C1CCCC1. The van der Waals surface area contributed by atoms with Crippen molar-refractivity contribution in [2.75, 3.05) is 6.54 Å². The van der Waals surface area contributed by atoms with Gasteiger partial charge in [-0.3, -0.25) is 4.79 Å². The van der Waals surface area contributed by atoms with Gasteiger partial charge in [0.2, 0.25) is 0 Å². The van der Waals surface area contributed by atoms with Gasteiger partial charge in [-0.1, -0.05) is 26.7 Å². The quantitative estimate of drug-likeness (QED) is 0.758. The van der Waals surface area contributed by atoms with Gasteiger partial charge in [-0.05, 0) is 39.0 Å². The van der Waals surface area contributed by atoms with Crippen molar-refractivity contribution in [1.82, 2.24) is 10.2 Å². The first-order valence-electron chi connectivity index (χ1n) is 8.02. The van der Waals surface area contributed by atoms with Gasteiger partial charge in [-0.15, -0.1) is 0 Å². The molecule has 1 saturated carbocycles. The standard InChI is InChI=1S/C16H30N2O3/c1-12(2)9-10-18(13-7-5-6-8-13)15(21)17-16(3,4)11-14(19)20/h12-13H,5-11H2,1-4H3,(H,17,21)(H,19,20). The highest BCUT2D eigenvalue weighted by atomic mass is 16.4. The Bertz CT molecular complexity index is 361. The number of hydrogen-bond donors (Lipinski definition) is 2. The number of amides is 2. The topological polar surface area (TPSA) is 69.6 Å². The average Bonchev–Trinajstić information content (AvgIpc) is 2.79. The molecule has 0 radical (unpaired) electrons. The van der Waals surface area contributed by atoms with Crippen molar-refractivity contribution in [3.8, 4) is 0 Å². The molecule has 0 unspecified atom stereocenters. The maximum absolute atomic E-state index is 12.6. The highest BCUT2D eigenvalue weighted by molar-refractivity contribution is 5.77. The fourth-order valence-corrected chi connectivity index (χ4v) is 2.85. The fourth-order valence-electron chi connectivity index (χ4n) is 2.85. The molecule has 2 N–H and O–H groups in total. The first-order chi connectivity index (χ1) is 9.71. The maximum Gasteiger partial charge on any atom is 0.318 e. The summed E-state index contributed by atoms with van der Waals surface area (Å²) < 4.78 is 0. The monoisotopic (exact) mass is 298 g/mol. The van der Waals surface area contributed by atoms with Crippen LogP contribution < -0.4 is 5.32 Å². The number of nitrogens with one attached hydrogen (secondary N) is 1. The second-order valence-electron chi connectivity index (χ2n) is 7.20. The largest absolute Gasteiger partial charge is 0.481 e. The van der Waals surface area contributed by atoms with Crippen LogP contribution in [0, 0.1) is 5.92 Å². The lowest BCUT2D eigenvalue weighted by molar-refractivity contribution is -0.138. The number of nitrogens with zero attached hydrogens (tertiary/aromatic N) is 1. The molecule has 0 spiro atoms. The third-order valence-electron chi connectivity index (χ3n) is 4.01. The molecular weight excluding hydrogens is 268 g/mol. The second-order valence-corrected chi connectivity index (χ2v) is 7.20. The lowest BCUT2D eigenvalue weighted by Crippen LogP contribution is -2.53. The molecule has 1 fully saturated rings. The van der Waals surface area contributed by atoms with Crippen molar-refractivity contribution in [2.45, 2.75) is 77.8 Å². The Labute approximate surface area is 128 Å². The molecule has 1 aliphatic rings.